The van der Waals surface area contributed by atoms with E-state index < -0.39 is 0 Å². The molecular formula is C21H24ClN3O2. The Labute approximate surface area is 165 Å². The van der Waals surface area contributed by atoms with Crippen LogP contribution < -0.4 is 15.5 Å². The number of carbonyl (C=O) groups excluding carboxylic acids is 2. The molecular weight excluding hydrogens is 362 g/mol. The number of hydrogen-bond acceptors (Lipinski definition) is 3. The standard InChI is InChI=1S/C21H23N3O2.ClH/c25-20(23-12-15-5-6-17-13-22-14-18(17)11-15)9-10-24-19-4-2-1-3-16(19)7-8-21(24)26;/h1-6,11,22H,7-10,12-14H2,(H,23,25);1H. The van der Waals surface area contributed by atoms with Gasteiger partial charge >= 0.3 is 0 Å². The number of benzene rings is 2. The van der Waals surface area contributed by atoms with Crippen LogP contribution in [0.4, 0.5) is 5.69 Å². The minimum Gasteiger partial charge on any atom is -0.352 e. The fraction of sp³-hybridized carbons (Fsp3) is 0.333. The lowest BCUT2D eigenvalue weighted by Gasteiger charge is -2.29. The van der Waals surface area contributed by atoms with Crippen LogP contribution in [0.1, 0.15) is 35.1 Å². The monoisotopic (exact) mass is 385 g/mol. The number of anilines is 1. The van der Waals surface area contributed by atoms with Gasteiger partial charge in [0.25, 0.3) is 0 Å². The molecule has 2 aromatic carbocycles. The summed E-state index contributed by atoms with van der Waals surface area (Å²) in [5, 5.41) is 6.30. The summed E-state index contributed by atoms with van der Waals surface area (Å²) >= 11 is 0. The Hall–Kier alpha value is -2.37. The van der Waals surface area contributed by atoms with Gasteiger partial charge in [-0.1, -0.05) is 36.4 Å². The van der Waals surface area contributed by atoms with E-state index in [4.69, 9.17) is 0 Å². The average molecular weight is 386 g/mol. The molecule has 2 aliphatic heterocycles. The summed E-state index contributed by atoms with van der Waals surface area (Å²) in [6.45, 7) is 2.77. The molecule has 5 nitrogen and oxygen atoms in total. The highest BCUT2D eigenvalue weighted by molar-refractivity contribution is 5.97. The van der Waals surface area contributed by atoms with Gasteiger partial charge in [-0.15, -0.1) is 12.4 Å². The minimum atomic E-state index is -0.0283. The summed E-state index contributed by atoms with van der Waals surface area (Å²) in [5.74, 6) is 0.0714. The summed E-state index contributed by atoms with van der Waals surface area (Å²) in [6, 6.07) is 14.3. The van der Waals surface area contributed by atoms with Gasteiger partial charge in [-0.05, 0) is 34.7 Å². The first kappa shape index (κ1) is 19.4. The largest absolute Gasteiger partial charge is 0.352 e. The second-order valence-corrected chi connectivity index (χ2v) is 6.91. The van der Waals surface area contributed by atoms with Crippen LogP contribution in [0.25, 0.3) is 0 Å². The zero-order chi connectivity index (χ0) is 17.9. The average Bonchev–Trinajstić information content (AvgIpc) is 3.13. The lowest BCUT2D eigenvalue weighted by Crippen LogP contribution is -2.38. The molecule has 0 aliphatic carbocycles. The number of aryl methyl sites for hydroxylation is 1. The van der Waals surface area contributed by atoms with Crippen LogP contribution in [-0.2, 0) is 35.6 Å². The molecule has 2 aromatic rings. The first-order valence-electron chi connectivity index (χ1n) is 9.17. The number of nitrogens with one attached hydrogen (secondary N) is 2. The number of rotatable bonds is 5. The van der Waals surface area contributed by atoms with Crippen LogP contribution in [0, 0.1) is 0 Å². The molecule has 6 heteroatoms. The number of para-hydroxylation sites is 1. The second kappa shape index (κ2) is 8.55. The van der Waals surface area contributed by atoms with Gasteiger partial charge in [-0.3, -0.25) is 9.59 Å². The van der Waals surface area contributed by atoms with E-state index in [1.54, 1.807) is 4.90 Å². The molecule has 0 bridgehead atoms. The van der Waals surface area contributed by atoms with Gasteiger partial charge in [0.15, 0.2) is 0 Å². The second-order valence-electron chi connectivity index (χ2n) is 6.91. The van der Waals surface area contributed by atoms with Crippen LogP contribution >= 0.6 is 12.4 Å². The van der Waals surface area contributed by atoms with Crippen molar-refractivity contribution >= 4 is 29.9 Å². The van der Waals surface area contributed by atoms with Crippen molar-refractivity contribution in [3.63, 3.8) is 0 Å². The van der Waals surface area contributed by atoms with Crippen molar-refractivity contribution in [2.45, 2.75) is 38.9 Å². The normalized spacial score (nSPS) is 15.0. The van der Waals surface area contributed by atoms with E-state index in [1.165, 1.54) is 16.7 Å². The van der Waals surface area contributed by atoms with Crippen molar-refractivity contribution in [3.8, 4) is 0 Å². The molecule has 0 saturated carbocycles. The van der Waals surface area contributed by atoms with Gasteiger partial charge in [-0.2, -0.15) is 0 Å². The smallest absolute Gasteiger partial charge is 0.227 e. The van der Waals surface area contributed by atoms with Gasteiger partial charge in [0, 0.05) is 44.7 Å². The van der Waals surface area contributed by atoms with Crippen molar-refractivity contribution in [1.82, 2.24) is 10.6 Å². The number of carbonyl (C=O) groups is 2. The molecule has 0 atom stereocenters. The lowest BCUT2D eigenvalue weighted by molar-refractivity contribution is -0.121. The summed E-state index contributed by atoms with van der Waals surface area (Å²) in [4.78, 5) is 26.2. The number of hydrogen-bond donors (Lipinski definition) is 2. The molecule has 142 valence electrons. The summed E-state index contributed by atoms with van der Waals surface area (Å²) < 4.78 is 0. The predicted molar refractivity (Wildman–Crippen MR) is 108 cm³/mol. The topological polar surface area (TPSA) is 61.4 Å². The lowest BCUT2D eigenvalue weighted by atomic mass is 10.0. The fourth-order valence-electron chi connectivity index (χ4n) is 3.70. The van der Waals surface area contributed by atoms with Gasteiger partial charge in [0.1, 0.15) is 0 Å². The Morgan fingerprint density at radius 3 is 2.74 bits per heavy atom. The first-order chi connectivity index (χ1) is 12.7. The number of halogens is 1. The van der Waals surface area contributed by atoms with E-state index in [0.29, 0.717) is 25.9 Å². The molecule has 27 heavy (non-hydrogen) atoms. The van der Waals surface area contributed by atoms with Crippen LogP contribution in [0.15, 0.2) is 42.5 Å². The van der Waals surface area contributed by atoms with E-state index >= 15 is 0 Å². The van der Waals surface area contributed by atoms with Crippen molar-refractivity contribution < 1.29 is 9.59 Å². The highest BCUT2D eigenvalue weighted by Crippen LogP contribution is 2.27. The summed E-state index contributed by atoms with van der Waals surface area (Å²) in [6.07, 6.45) is 1.61. The zero-order valence-electron chi connectivity index (χ0n) is 15.2. The number of fused-ring (bicyclic) bond motifs is 2. The SMILES string of the molecule is Cl.O=C(CCN1C(=O)CCc2ccccc21)NCc1ccc2c(c1)CNC2. The highest BCUT2D eigenvalue weighted by Gasteiger charge is 2.23. The van der Waals surface area contributed by atoms with E-state index in [-0.39, 0.29) is 24.2 Å². The molecule has 0 fully saturated rings. The molecule has 0 unspecified atom stereocenters. The van der Waals surface area contributed by atoms with Gasteiger partial charge in [0.05, 0.1) is 0 Å². The van der Waals surface area contributed by atoms with E-state index in [1.807, 2.05) is 18.2 Å². The molecule has 2 heterocycles. The van der Waals surface area contributed by atoms with Crippen LogP contribution in [0.5, 0.6) is 0 Å². The fourth-order valence-corrected chi connectivity index (χ4v) is 3.70. The van der Waals surface area contributed by atoms with E-state index in [2.05, 4.69) is 34.9 Å². The maximum absolute atomic E-state index is 12.3. The van der Waals surface area contributed by atoms with Crippen LogP contribution in [0.3, 0.4) is 0 Å². The van der Waals surface area contributed by atoms with Crippen molar-refractivity contribution in [2.24, 2.45) is 0 Å². The van der Waals surface area contributed by atoms with Gasteiger partial charge in [-0.25, -0.2) is 0 Å². The molecule has 0 radical (unpaired) electrons. The Morgan fingerprint density at radius 2 is 1.85 bits per heavy atom. The van der Waals surface area contributed by atoms with Crippen LogP contribution in [-0.4, -0.2) is 18.4 Å². The Bertz CT molecular complexity index is 853. The minimum absolute atomic E-state index is 0. The maximum atomic E-state index is 12.3. The van der Waals surface area contributed by atoms with Crippen molar-refractivity contribution in [3.05, 3.63) is 64.7 Å². The third-order valence-electron chi connectivity index (χ3n) is 5.15. The molecule has 0 saturated heterocycles. The first-order valence-corrected chi connectivity index (χ1v) is 9.17. The molecule has 0 spiro atoms. The molecule has 2 aliphatic rings. The van der Waals surface area contributed by atoms with Crippen molar-refractivity contribution in [2.75, 3.05) is 11.4 Å². The predicted octanol–water partition coefficient (Wildman–Crippen LogP) is 2.70. The van der Waals surface area contributed by atoms with Gasteiger partial charge < -0.3 is 15.5 Å². The van der Waals surface area contributed by atoms with E-state index in [0.717, 1.165) is 30.8 Å². The molecule has 2 N–H and O–H groups in total. The Balaban J connectivity index is 0.00000210. The molecule has 0 aromatic heterocycles. The summed E-state index contributed by atoms with van der Waals surface area (Å²) in [5.41, 5.74) is 5.89. The van der Waals surface area contributed by atoms with Crippen molar-refractivity contribution in [1.29, 1.82) is 0 Å². The van der Waals surface area contributed by atoms with Crippen LogP contribution in [0.2, 0.25) is 0 Å². The third kappa shape index (κ3) is 4.31. The quantitative estimate of drug-likeness (QED) is 0.831. The Morgan fingerprint density at radius 1 is 1.04 bits per heavy atom. The molecule has 2 amide bonds. The third-order valence-corrected chi connectivity index (χ3v) is 5.15. The number of amides is 2. The zero-order valence-corrected chi connectivity index (χ0v) is 16.0. The highest BCUT2D eigenvalue weighted by atomic mass is 35.5. The number of nitrogens with zero attached hydrogens (tertiary/aromatic N) is 1. The molecule has 4 rings (SSSR count). The Kier molecular flexibility index (Phi) is 6.14. The maximum Gasteiger partial charge on any atom is 0.227 e. The van der Waals surface area contributed by atoms with E-state index in [9.17, 15) is 9.59 Å². The summed E-state index contributed by atoms with van der Waals surface area (Å²) in [7, 11) is 0. The van der Waals surface area contributed by atoms with Gasteiger partial charge in [0.2, 0.25) is 11.8 Å².